The lowest BCUT2D eigenvalue weighted by Crippen LogP contribution is -2.36. The minimum atomic E-state index is -0.266. The number of anilines is 2. The van der Waals surface area contributed by atoms with Gasteiger partial charge in [-0.15, -0.1) is 0 Å². The molecule has 2 heterocycles. The number of benzene rings is 1. The summed E-state index contributed by atoms with van der Waals surface area (Å²) in [4.78, 5) is 28.7. The van der Waals surface area contributed by atoms with E-state index in [1.165, 1.54) is 6.92 Å². The van der Waals surface area contributed by atoms with Gasteiger partial charge in [-0.1, -0.05) is 12.1 Å². The smallest absolute Gasteiger partial charge is 0.272 e. The van der Waals surface area contributed by atoms with Crippen molar-refractivity contribution in [1.29, 1.82) is 0 Å². The molecular weight excluding hydrogens is 294 g/mol. The first-order valence-corrected chi connectivity index (χ1v) is 7.57. The van der Waals surface area contributed by atoms with Crippen molar-refractivity contribution in [3.8, 4) is 0 Å². The lowest BCUT2D eigenvalue weighted by atomic mass is 10.2. The quantitative estimate of drug-likeness (QED) is 0.850. The molecule has 0 bridgehead atoms. The summed E-state index contributed by atoms with van der Waals surface area (Å²) in [5.41, 5.74) is 2.59. The molecule has 6 heteroatoms. The number of hydrogen-bond donors (Lipinski definition) is 2. The molecule has 1 saturated heterocycles. The molecule has 3 rings (SSSR count). The number of Topliss-reactive ketones (excluding diaryl/α,β-unsaturated/α-hetero) is 1. The van der Waals surface area contributed by atoms with Gasteiger partial charge in [-0.05, 0) is 25.1 Å². The molecule has 0 spiro atoms. The summed E-state index contributed by atoms with van der Waals surface area (Å²) >= 11 is 0. The first-order valence-electron chi connectivity index (χ1n) is 7.57. The summed E-state index contributed by atoms with van der Waals surface area (Å²) in [7, 11) is 0. The second-order valence-electron chi connectivity index (χ2n) is 5.43. The number of ether oxygens (including phenoxy) is 1. The van der Waals surface area contributed by atoms with Crippen molar-refractivity contribution in [3.05, 3.63) is 47.8 Å². The van der Waals surface area contributed by atoms with Crippen LogP contribution in [0.15, 0.2) is 36.5 Å². The number of hydrogen-bond acceptors (Lipinski definition) is 4. The Morgan fingerprint density at radius 1 is 1.22 bits per heavy atom. The maximum Gasteiger partial charge on any atom is 0.272 e. The Balaban J connectivity index is 1.79. The van der Waals surface area contributed by atoms with Crippen LogP contribution >= 0.6 is 0 Å². The van der Waals surface area contributed by atoms with E-state index < -0.39 is 0 Å². The molecule has 0 unspecified atom stereocenters. The zero-order valence-electron chi connectivity index (χ0n) is 13.0. The van der Waals surface area contributed by atoms with Gasteiger partial charge in [-0.3, -0.25) is 9.59 Å². The molecule has 1 amide bonds. The average Bonchev–Trinajstić information content (AvgIpc) is 3.07. The Morgan fingerprint density at radius 3 is 2.65 bits per heavy atom. The Morgan fingerprint density at radius 2 is 1.96 bits per heavy atom. The number of amides is 1. The van der Waals surface area contributed by atoms with Gasteiger partial charge in [0.2, 0.25) is 0 Å². The van der Waals surface area contributed by atoms with Gasteiger partial charge < -0.3 is 19.9 Å². The summed E-state index contributed by atoms with van der Waals surface area (Å²) in [5, 5.41) is 2.91. The summed E-state index contributed by atoms with van der Waals surface area (Å²) in [6.45, 7) is 4.42. The summed E-state index contributed by atoms with van der Waals surface area (Å²) < 4.78 is 5.37. The van der Waals surface area contributed by atoms with Crippen LogP contribution in [-0.4, -0.2) is 43.0 Å². The van der Waals surface area contributed by atoms with Gasteiger partial charge >= 0.3 is 0 Å². The molecular formula is C17H19N3O3. The number of carbonyl (C=O) groups is 2. The van der Waals surface area contributed by atoms with Crippen molar-refractivity contribution in [2.24, 2.45) is 0 Å². The fourth-order valence-corrected chi connectivity index (χ4v) is 2.58. The Kier molecular flexibility index (Phi) is 4.43. The minimum Gasteiger partial charge on any atom is -0.378 e. The summed E-state index contributed by atoms with van der Waals surface area (Å²) in [6, 6.07) is 9.25. The number of H-pyrrole nitrogens is 1. The molecule has 6 nitrogen and oxygen atoms in total. The standard InChI is InChI=1S/C17H19N3O3/c1-12(21)13-10-15(18-11-13)17(22)19-14-4-2-3-5-16(14)20-6-8-23-9-7-20/h2-5,10-11,18H,6-9H2,1H3,(H,19,22). The van der Waals surface area contributed by atoms with Gasteiger partial charge in [0.1, 0.15) is 5.69 Å². The predicted molar refractivity (Wildman–Crippen MR) is 88.2 cm³/mol. The number of morpholine rings is 1. The highest BCUT2D eigenvalue weighted by atomic mass is 16.5. The number of para-hydroxylation sites is 2. The largest absolute Gasteiger partial charge is 0.378 e. The molecule has 2 N–H and O–H groups in total. The zero-order chi connectivity index (χ0) is 16.2. The van der Waals surface area contributed by atoms with Gasteiger partial charge in [0.05, 0.1) is 24.6 Å². The Labute approximate surface area is 134 Å². The minimum absolute atomic E-state index is 0.0750. The van der Waals surface area contributed by atoms with Gasteiger partial charge in [0.25, 0.3) is 5.91 Å². The molecule has 0 aliphatic carbocycles. The number of ketones is 1. The molecule has 0 radical (unpaired) electrons. The van der Waals surface area contributed by atoms with Crippen molar-refractivity contribution in [2.45, 2.75) is 6.92 Å². The predicted octanol–water partition coefficient (Wildman–Crippen LogP) is 2.31. The monoisotopic (exact) mass is 313 g/mol. The normalized spacial score (nSPS) is 14.6. The van der Waals surface area contributed by atoms with E-state index in [4.69, 9.17) is 4.74 Å². The second-order valence-corrected chi connectivity index (χ2v) is 5.43. The highest BCUT2D eigenvalue weighted by Gasteiger charge is 2.17. The second kappa shape index (κ2) is 6.66. The van der Waals surface area contributed by atoms with E-state index >= 15 is 0 Å². The summed E-state index contributed by atoms with van der Waals surface area (Å²) in [6.07, 6.45) is 1.55. The van der Waals surface area contributed by atoms with E-state index in [0.717, 1.165) is 24.5 Å². The van der Waals surface area contributed by atoms with Crippen molar-refractivity contribution in [3.63, 3.8) is 0 Å². The van der Waals surface area contributed by atoms with Crippen LogP contribution in [0.2, 0.25) is 0 Å². The zero-order valence-corrected chi connectivity index (χ0v) is 13.0. The number of nitrogens with zero attached hydrogens (tertiary/aromatic N) is 1. The molecule has 1 aliphatic rings. The lowest BCUT2D eigenvalue weighted by Gasteiger charge is -2.30. The molecule has 1 aromatic heterocycles. The van der Waals surface area contributed by atoms with Gasteiger partial charge in [0.15, 0.2) is 5.78 Å². The highest BCUT2D eigenvalue weighted by Crippen LogP contribution is 2.26. The van der Waals surface area contributed by atoms with Crippen molar-refractivity contribution < 1.29 is 14.3 Å². The Bertz CT molecular complexity index is 717. The third-order valence-corrected chi connectivity index (χ3v) is 3.84. The van der Waals surface area contributed by atoms with Crippen LogP contribution < -0.4 is 10.2 Å². The first kappa shape index (κ1) is 15.3. The van der Waals surface area contributed by atoms with E-state index in [-0.39, 0.29) is 11.7 Å². The van der Waals surface area contributed by atoms with Crippen molar-refractivity contribution in [2.75, 3.05) is 36.5 Å². The van der Waals surface area contributed by atoms with Crippen LogP contribution in [0.25, 0.3) is 0 Å². The van der Waals surface area contributed by atoms with Crippen LogP contribution in [-0.2, 0) is 4.74 Å². The molecule has 1 aromatic carbocycles. The van der Waals surface area contributed by atoms with E-state index in [1.54, 1.807) is 12.3 Å². The molecule has 23 heavy (non-hydrogen) atoms. The van der Waals surface area contributed by atoms with E-state index in [2.05, 4.69) is 15.2 Å². The molecule has 0 saturated carbocycles. The fourth-order valence-electron chi connectivity index (χ4n) is 2.58. The van der Waals surface area contributed by atoms with Gasteiger partial charge in [-0.25, -0.2) is 0 Å². The van der Waals surface area contributed by atoms with Crippen LogP contribution in [0.3, 0.4) is 0 Å². The van der Waals surface area contributed by atoms with Gasteiger partial charge in [0, 0.05) is 24.8 Å². The Hall–Kier alpha value is -2.60. The first-order chi connectivity index (χ1) is 11.1. The average molecular weight is 313 g/mol. The lowest BCUT2D eigenvalue weighted by molar-refractivity contribution is 0.101. The molecule has 1 fully saturated rings. The van der Waals surface area contributed by atoms with Gasteiger partial charge in [-0.2, -0.15) is 0 Å². The third kappa shape index (κ3) is 3.43. The molecule has 1 aliphatic heterocycles. The van der Waals surface area contributed by atoms with E-state index in [9.17, 15) is 9.59 Å². The molecule has 2 aromatic rings. The maximum absolute atomic E-state index is 12.4. The van der Waals surface area contributed by atoms with Crippen LogP contribution in [0.5, 0.6) is 0 Å². The van der Waals surface area contributed by atoms with Crippen LogP contribution in [0.1, 0.15) is 27.8 Å². The van der Waals surface area contributed by atoms with Crippen LogP contribution in [0.4, 0.5) is 11.4 Å². The highest BCUT2D eigenvalue weighted by molar-refractivity contribution is 6.06. The third-order valence-electron chi connectivity index (χ3n) is 3.84. The number of carbonyl (C=O) groups excluding carboxylic acids is 2. The number of aromatic amines is 1. The van der Waals surface area contributed by atoms with Crippen LogP contribution in [0, 0.1) is 0 Å². The number of aromatic nitrogens is 1. The number of rotatable bonds is 4. The van der Waals surface area contributed by atoms with E-state index in [0.29, 0.717) is 24.5 Å². The molecule has 0 atom stereocenters. The fraction of sp³-hybridized carbons (Fsp3) is 0.294. The molecule has 120 valence electrons. The number of nitrogens with one attached hydrogen (secondary N) is 2. The summed E-state index contributed by atoms with van der Waals surface area (Å²) in [5.74, 6) is -0.341. The van der Waals surface area contributed by atoms with Crippen molar-refractivity contribution in [1.82, 2.24) is 4.98 Å². The topological polar surface area (TPSA) is 74.4 Å². The maximum atomic E-state index is 12.4. The van der Waals surface area contributed by atoms with E-state index in [1.807, 2.05) is 24.3 Å². The SMILES string of the molecule is CC(=O)c1c[nH]c(C(=O)Nc2ccccc2N2CCOCC2)c1. The van der Waals surface area contributed by atoms with Crippen molar-refractivity contribution >= 4 is 23.1 Å².